The average Bonchev–Trinajstić information content (AvgIpc) is 3.31. The summed E-state index contributed by atoms with van der Waals surface area (Å²) in [5.41, 5.74) is 1.11. The van der Waals surface area contributed by atoms with Gasteiger partial charge in [0.05, 0.1) is 0 Å². The Morgan fingerprint density at radius 2 is 1.77 bits per heavy atom. The third-order valence-electron chi connectivity index (χ3n) is 10.3. The van der Waals surface area contributed by atoms with Gasteiger partial charge in [-0.3, -0.25) is 10.1 Å². The molecule has 2 N–H and O–H groups in total. The van der Waals surface area contributed by atoms with Crippen molar-refractivity contribution in [2.24, 2.45) is 40.4 Å². The largest absolute Gasteiger partial charge is 0.480 e. The number of carbonyl (C=O) groups is 1. The second-order valence-corrected chi connectivity index (χ2v) is 11.0. The Morgan fingerprint density at radius 3 is 2.54 bits per heavy atom. The molecule has 5 rings (SSSR count). The Labute approximate surface area is 158 Å². The zero-order valence-electron chi connectivity index (χ0n) is 16.7. The van der Waals surface area contributed by atoms with Gasteiger partial charge < -0.3 is 5.11 Å². The van der Waals surface area contributed by atoms with E-state index < -0.39 is 5.97 Å². The van der Waals surface area contributed by atoms with Crippen LogP contribution >= 0.6 is 0 Å². The molecule has 5 fully saturated rings. The molecule has 9 atom stereocenters. The van der Waals surface area contributed by atoms with Crippen LogP contribution in [-0.4, -0.2) is 23.2 Å². The molecule has 0 aromatic rings. The summed E-state index contributed by atoms with van der Waals surface area (Å²) in [5, 5.41) is 12.4. The smallest absolute Gasteiger partial charge is 0.322 e. The first-order valence-electron chi connectivity index (χ1n) is 11.4. The molecular weight excluding hydrogens is 322 g/mol. The van der Waals surface area contributed by atoms with Crippen molar-refractivity contribution >= 4 is 5.97 Å². The summed E-state index contributed by atoms with van der Waals surface area (Å²) in [4.78, 5) is 11.2. The molecule has 26 heavy (non-hydrogen) atoms. The van der Waals surface area contributed by atoms with Crippen LogP contribution in [0, 0.1) is 40.4 Å². The molecular formula is C23H37NO2. The summed E-state index contributed by atoms with van der Waals surface area (Å²) >= 11 is 0. The van der Waals surface area contributed by atoms with E-state index in [0.29, 0.717) is 10.8 Å². The lowest BCUT2D eigenvalue weighted by molar-refractivity contribution is -0.136. The first kappa shape index (κ1) is 17.5. The van der Waals surface area contributed by atoms with Crippen LogP contribution < -0.4 is 5.32 Å². The second kappa shape index (κ2) is 5.96. The normalized spacial score (nSPS) is 55.5. The molecule has 0 spiro atoms. The Kier molecular flexibility index (Phi) is 4.02. The van der Waals surface area contributed by atoms with Crippen LogP contribution in [0.4, 0.5) is 0 Å². The molecule has 3 nitrogen and oxygen atoms in total. The summed E-state index contributed by atoms with van der Waals surface area (Å²) in [5.74, 6) is 3.94. The number of fused-ring (bicyclic) bond motifs is 5. The molecule has 1 saturated heterocycles. The Morgan fingerprint density at radius 1 is 0.962 bits per heavy atom. The summed E-state index contributed by atoms with van der Waals surface area (Å²) < 4.78 is 0. The van der Waals surface area contributed by atoms with Crippen LogP contribution in [0.3, 0.4) is 0 Å². The van der Waals surface area contributed by atoms with Crippen molar-refractivity contribution in [1.29, 1.82) is 0 Å². The molecule has 5 aliphatic rings. The molecule has 0 radical (unpaired) electrons. The Hall–Kier alpha value is -0.570. The Bertz CT molecular complexity index is 591. The van der Waals surface area contributed by atoms with E-state index in [1.54, 1.807) is 0 Å². The van der Waals surface area contributed by atoms with Crippen molar-refractivity contribution in [3.63, 3.8) is 0 Å². The van der Waals surface area contributed by atoms with Gasteiger partial charge in [-0.25, -0.2) is 0 Å². The fraction of sp³-hybridized carbons (Fsp3) is 0.957. The molecule has 146 valence electrons. The van der Waals surface area contributed by atoms with Crippen molar-refractivity contribution in [2.75, 3.05) is 0 Å². The number of hydrogen-bond donors (Lipinski definition) is 2. The molecule has 4 saturated carbocycles. The predicted octanol–water partition coefficient (Wildman–Crippen LogP) is 4.85. The highest BCUT2D eigenvalue weighted by Gasteiger charge is 2.60. The van der Waals surface area contributed by atoms with Gasteiger partial charge in [-0.1, -0.05) is 26.7 Å². The van der Waals surface area contributed by atoms with E-state index in [4.69, 9.17) is 0 Å². The Balaban J connectivity index is 1.33. The van der Waals surface area contributed by atoms with E-state index in [1.165, 1.54) is 64.2 Å². The van der Waals surface area contributed by atoms with Gasteiger partial charge in [0.2, 0.25) is 0 Å². The summed E-state index contributed by atoms with van der Waals surface area (Å²) in [6.45, 7) is 5.24. The number of carboxylic acid groups (broad SMARTS) is 1. The zero-order chi connectivity index (χ0) is 18.1. The van der Waals surface area contributed by atoms with Crippen LogP contribution in [0.15, 0.2) is 0 Å². The molecule has 0 amide bonds. The van der Waals surface area contributed by atoms with Crippen molar-refractivity contribution in [3.8, 4) is 0 Å². The quantitative estimate of drug-likeness (QED) is 0.708. The zero-order valence-corrected chi connectivity index (χ0v) is 16.7. The van der Waals surface area contributed by atoms with Gasteiger partial charge in [-0.2, -0.15) is 0 Å². The van der Waals surface area contributed by atoms with Crippen LogP contribution in [0.25, 0.3) is 0 Å². The van der Waals surface area contributed by atoms with Crippen molar-refractivity contribution < 1.29 is 9.90 Å². The highest BCUT2D eigenvalue weighted by molar-refractivity contribution is 5.78. The van der Waals surface area contributed by atoms with Gasteiger partial charge in [0, 0.05) is 6.04 Å². The first-order valence-corrected chi connectivity index (χ1v) is 11.4. The lowest BCUT2D eigenvalue weighted by atomic mass is 9.45. The SMILES string of the molecule is C[C@]12CCC3C(CC[C@@H]4CCCC[C@]34C)C1CC[C@@H]2C[C@H]1N[C@@H]1C(=O)O. The average molecular weight is 360 g/mol. The van der Waals surface area contributed by atoms with Crippen molar-refractivity contribution in [1.82, 2.24) is 5.32 Å². The van der Waals surface area contributed by atoms with Crippen LogP contribution in [-0.2, 0) is 4.79 Å². The summed E-state index contributed by atoms with van der Waals surface area (Å²) in [7, 11) is 0. The predicted molar refractivity (Wildman–Crippen MR) is 103 cm³/mol. The van der Waals surface area contributed by atoms with Gasteiger partial charge in [-0.15, -0.1) is 0 Å². The molecule has 1 heterocycles. The molecule has 1 aliphatic heterocycles. The maximum Gasteiger partial charge on any atom is 0.322 e. The summed E-state index contributed by atoms with van der Waals surface area (Å²) in [6, 6.07) is -0.0111. The van der Waals surface area contributed by atoms with Gasteiger partial charge in [0.25, 0.3) is 0 Å². The molecule has 0 aromatic heterocycles. The second-order valence-electron chi connectivity index (χ2n) is 11.0. The van der Waals surface area contributed by atoms with Gasteiger partial charge in [0.15, 0.2) is 0 Å². The molecule has 4 aliphatic carbocycles. The van der Waals surface area contributed by atoms with Gasteiger partial charge in [0.1, 0.15) is 6.04 Å². The fourth-order valence-electron chi connectivity index (χ4n) is 8.72. The van der Waals surface area contributed by atoms with Crippen molar-refractivity contribution in [3.05, 3.63) is 0 Å². The third kappa shape index (κ3) is 2.45. The number of hydrogen-bond acceptors (Lipinski definition) is 2. The topological polar surface area (TPSA) is 59.2 Å². The number of aliphatic carboxylic acids is 1. The molecule has 3 heteroatoms. The van der Waals surface area contributed by atoms with E-state index in [-0.39, 0.29) is 12.1 Å². The minimum absolute atomic E-state index is 0.248. The maximum absolute atomic E-state index is 11.2. The van der Waals surface area contributed by atoms with Gasteiger partial charge in [-0.05, 0) is 98.2 Å². The van der Waals surface area contributed by atoms with Crippen molar-refractivity contribution in [2.45, 2.75) is 96.6 Å². The molecule has 0 bridgehead atoms. The lowest BCUT2D eigenvalue weighted by Gasteiger charge is -2.60. The first-order chi connectivity index (χ1) is 12.4. The maximum atomic E-state index is 11.2. The van der Waals surface area contributed by atoms with E-state index in [0.717, 1.165) is 36.0 Å². The van der Waals surface area contributed by atoms with E-state index in [1.807, 2.05) is 0 Å². The molecule has 3 unspecified atom stereocenters. The fourth-order valence-corrected chi connectivity index (χ4v) is 8.72. The van der Waals surface area contributed by atoms with Crippen LogP contribution in [0.1, 0.15) is 84.5 Å². The van der Waals surface area contributed by atoms with Crippen LogP contribution in [0.2, 0.25) is 0 Å². The minimum Gasteiger partial charge on any atom is -0.480 e. The minimum atomic E-state index is -0.651. The number of carboxylic acids is 1. The lowest BCUT2D eigenvalue weighted by Crippen LogP contribution is -2.52. The van der Waals surface area contributed by atoms with E-state index in [2.05, 4.69) is 19.2 Å². The van der Waals surface area contributed by atoms with Gasteiger partial charge >= 0.3 is 5.97 Å². The molecule has 0 aromatic carbocycles. The standard InChI is InChI=1S/C23H37NO2/c1-22-11-4-3-5-14(22)6-8-16-17-9-7-15(13-19-20(24-19)21(25)26)23(17,2)12-10-18(16)22/h14-20,24H,3-13H2,1-2H3,(H,25,26)/t14-,15+,16?,17?,18?,19+,20-,22-,23+/m0/s1. The van der Waals surface area contributed by atoms with E-state index >= 15 is 0 Å². The van der Waals surface area contributed by atoms with E-state index in [9.17, 15) is 9.90 Å². The van der Waals surface area contributed by atoms with Crippen LogP contribution in [0.5, 0.6) is 0 Å². The monoisotopic (exact) mass is 359 g/mol. The number of nitrogens with one attached hydrogen (secondary N) is 1. The summed E-state index contributed by atoms with van der Waals surface area (Å²) in [6.07, 6.45) is 15.6. The highest BCUT2D eigenvalue weighted by Crippen LogP contribution is 2.68. The highest BCUT2D eigenvalue weighted by atomic mass is 16.4. The third-order valence-corrected chi connectivity index (χ3v) is 10.3. The number of rotatable bonds is 3.